The van der Waals surface area contributed by atoms with Crippen molar-refractivity contribution in [1.82, 2.24) is 19.2 Å². The van der Waals surface area contributed by atoms with E-state index in [4.69, 9.17) is 0 Å². The molecule has 0 bridgehead atoms. The van der Waals surface area contributed by atoms with Crippen molar-refractivity contribution in [2.45, 2.75) is 6.54 Å². The maximum Gasteiger partial charge on any atom is 0.337 e. The molecule has 2 aromatic carbocycles. The van der Waals surface area contributed by atoms with Crippen molar-refractivity contribution in [2.75, 3.05) is 7.11 Å². The molecule has 0 radical (unpaired) electrons. The number of benzene rings is 2. The van der Waals surface area contributed by atoms with E-state index in [1.165, 1.54) is 18.0 Å². The molecule has 0 amide bonds. The SMILES string of the molecule is COC(=O)c1ccc(Cn2c(=O)c3cc(C=O)ccc3n3cnnc23)cc1. The molecule has 0 unspecified atom stereocenters. The number of rotatable bonds is 4. The van der Waals surface area contributed by atoms with Gasteiger partial charge in [-0.05, 0) is 35.9 Å². The summed E-state index contributed by atoms with van der Waals surface area (Å²) in [5.74, 6) is -0.0333. The van der Waals surface area contributed by atoms with Crippen LogP contribution in [0.5, 0.6) is 0 Å². The molecule has 27 heavy (non-hydrogen) atoms. The van der Waals surface area contributed by atoms with Gasteiger partial charge in [0.05, 0.1) is 30.1 Å². The minimum atomic E-state index is -0.425. The fraction of sp³-hybridized carbons (Fsp3) is 0.105. The van der Waals surface area contributed by atoms with Gasteiger partial charge in [-0.2, -0.15) is 0 Å². The van der Waals surface area contributed by atoms with E-state index in [0.29, 0.717) is 34.1 Å². The lowest BCUT2D eigenvalue weighted by molar-refractivity contribution is 0.0600. The predicted molar refractivity (Wildman–Crippen MR) is 97.0 cm³/mol. The van der Waals surface area contributed by atoms with Gasteiger partial charge in [0.25, 0.3) is 5.56 Å². The highest BCUT2D eigenvalue weighted by Crippen LogP contribution is 2.15. The van der Waals surface area contributed by atoms with Crippen LogP contribution in [-0.2, 0) is 11.3 Å². The van der Waals surface area contributed by atoms with Crippen LogP contribution < -0.4 is 5.56 Å². The van der Waals surface area contributed by atoms with Crippen LogP contribution in [0, 0.1) is 0 Å². The Labute approximate surface area is 152 Å². The molecular formula is C19H14N4O4. The third-order valence-electron chi connectivity index (χ3n) is 4.38. The van der Waals surface area contributed by atoms with Crippen molar-refractivity contribution in [3.63, 3.8) is 0 Å². The number of methoxy groups -OCH3 is 1. The molecular weight excluding hydrogens is 348 g/mol. The average molecular weight is 362 g/mol. The maximum atomic E-state index is 13.0. The third-order valence-corrected chi connectivity index (χ3v) is 4.38. The highest BCUT2D eigenvalue weighted by Gasteiger charge is 2.14. The molecule has 0 N–H and O–H groups in total. The molecule has 4 rings (SSSR count). The summed E-state index contributed by atoms with van der Waals surface area (Å²) < 4.78 is 7.87. The Balaban J connectivity index is 1.86. The average Bonchev–Trinajstić information content (AvgIpc) is 3.20. The molecule has 134 valence electrons. The van der Waals surface area contributed by atoms with Crippen LogP contribution in [0.1, 0.15) is 26.3 Å². The molecule has 0 aliphatic heterocycles. The first kappa shape index (κ1) is 16.6. The summed E-state index contributed by atoms with van der Waals surface area (Å²) in [5, 5.41) is 8.37. The third kappa shape index (κ3) is 2.77. The molecule has 0 saturated heterocycles. The Morgan fingerprint density at radius 2 is 1.96 bits per heavy atom. The van der Waals surface area contributed by atoms with Gasteiger partial charge < -0.3 is 4.74 Å². The van der Waals surface area contributed by atoms with Crippen LogP contribution in [0.4, 0.5) is 0 Å². The summed E-state index contributed by atoms with van der Waals surface area (Å²) in [6, 6.07) is 11.7. The highest BCUT2D eigenvalue weighted by atomic mass is 16.5. The van der Waals surface area contributed by atoms with Gasteiger partial charge in [0.15, 0.2) is 0 Å². The molecule has 4 aromatic rings. The van der Waals surface area contributed by atoms with E-state index in [-0.39, 0.29) is 12.1 Å². The summed E-state index contributed by atoms with van der Waals surface area (Å²) in [5.41, 5.74) is 2.01. The van der Waals surface area contributed by atoms with Gasteiger partial charge in [-0.3, -0.25) is 18.6 Å². The van der Waals surface area contributed by atoms with Gasteiger partial charge in [0, 0.05) is 5.56 Å². The quantitative estimate of drug-likeness (QED) is 0.405. The molecule has 2 heterocycles. The van der Waals surface area contributed by atoms with E-state index in [1.54, 1.807) is 46.9 Å². The zero-order valence-corrected chi connectivity index (χ0v) is 14.3. The fourth-order valence-corrected chi connectivity index (χ4v) is 3.02. The topological polar surface area (TPSA) is 95.6 Å². The monoisotopic (exact) mass is 362 g/mol. The number of aldehydes is 1. The number of ether oxygens (including phenoxy) is 1. The van der Waals surface area contributed by atoms with Gasteiger partial charge in [-0.1, -0.05) is 12.1 Å². The molecule has 0 aliphatic rings. The van der Waals surface area contributed by atoms with Crippen LogP contribution in [0.15, 0.2) is 53.6 Å². The zero-order valence-electron chi connectivity index (χ0n) is 14.3. The van der Waals surface area contributed by atoms with Crippen LogP contribution in [0.3, 0.4) is 0 Å². The Hall–Kier alpha value is -3.81. The maximum absolute atomic E-state index is 13.0. The first-order valence-corrected chi connectivity index (χ1v) is 8.11. The van der Waals surface area contributed by atoms with Gasteiger partial charge in [-0.25, -0.2) is 4.79 Å². The van der Waals surface area contributed by atoms with E-state index in [0.717, 1.165) is 5.56 Å². The van der Waals surface area contributed by atoms with E-state index >= 15 is 0 Å². The molecule has 2 aromatic heterocycles. The van der Waals surface area contributed by atoms with Crippen molar-refractivity contribution < 1.29 is 14.3 Å². The number of carbonyl (C=O) groups excluding carboxylic acids is 2. The molecule has 8 heteroatoms. The smallest absolute Gasteiger partial charge is 0.337 e. The van der Waals surface area contributed by atoms with Crippen LogP contribution in [0.25, 0.3) is 16.7 Å². The summed E-state index contributed by atoms with van der Waals surface area (Å²) in [6.45, 7) is 0.240. The molecule has 0 spiro atoms. The van der Waals surface area contributed by atoms with Gasteiger partial charge in [0.2, 0.25) is 5.78 Å². The number of carbonyl (C=O) groups is 2. The molecule has 0 saturated carbocycles. The van der Waals surface area contributed by atoms with Crippen LogP contribution >= 0.6 is 0 Å². The zero-order chi connectivity index (χ0) is 19.0. The summed E-state index contributed by atoms with van der Waals surface area (Å²) >= 11 is 0. The lowest BCUT2D eigenvalue weighted by Crippen LogP contribution is -2.24. The number of hydrogen-bond donors (Lipinski definition) is 0. The number of aromatic nitrogens is 4. The van der Waals surface area contributed by atoms with E-state index in [2.05, 4.69) is 14.9 Å². The molecule has 8 nitrogen and oxygen atoms in total. The first-order valence-electron chi connectivity index (χ1n) is 8.11. The van der Waals surface area contributed by atoms with Crippen LogP contribution in [-0.4, -0.2) is 38.5 Å². The predicted octanol–water partition coefficient (Wildman–Crippen LogP) is 1.69. The highest BCUT2D eigenvalue weighted by molar-refractivity contribution is 5.89. The Bertz CT molecular complexity index is 1240. The summed E-state index contributed by atoms with van der Waals surface area (Å²) in [7, 11) is 1.32. The second-order valence-corrected chi connectivity index (χ2v) is 5.98. The van der Waals surface area contributed by atoms with Crippen molar-refractivity contribution in [3.05, 3.63) is 75.8 Å². The van der Waals surface area contributed by atoms with E-state index < -0.39 is 5.97 Å². The van der Waals surface area contributed by atoms with Crippen molar-refractivity contribution in [1.29, 1.82) is 0 Å². The fourth-order valence-electron chi connectivity index (χ4n) is 3.02. The van der Waals surface area contributed by atoms with Gasteiger partial charge in [-0.15, -0.1) is 10.2 Å². The Kier molecular flexibility index (Phi) is 4.00. The second kappa shape index (κ2) is 6.49. The Morgan fingerprint density at radius 3 is 2.67 bits per heavy atom. The Morgan fingerprint density at radius 1 is 1.19 bits per heavy atom. The van der Waals surface area contributed by atoms with Crippen molar-refractivity contribution >= 4 is 28.9 Å². The van der Waals surface area contributed by atoms with Crippen molar-refractivity contribution in [2.24, 2.45) is 0 Å². The van der Waals surface area contributed by atoms with Gasteiger partial charge in [0.1, 0.15) is 12.6 Å². The first-order chi connectivity index (χ1) is 13.1. The van der Waals surface area contributed by atoms with E-state index in [1.807, 2.05) is 0 Å². The van der Waals surface area contributed by atoms with Crippen molar-refractivity contribution in [3.8, 4) is 0 Å². The minimum Gasteiger partial charge on any atom is -0.465 e. The summed E-state index contributed by atoms with van der Waals surface area (Å²) in [6.07, 6.45) is 2.22. The number of esters is 1. The molecule has 0 atom stereocenters. The second-order valence-electron chi connectivity index (χ2n) is 5.98. The number of nitrogens with zero attached hydrogens (tertiary/aromatic N) is 4. The minimum absolute atomic E-state index is 0.240. The molecule has 0 aliphatic carbocycles. The standard InChI is InChI=1S/C19H14N4O4/c1-27-18(26)14-5-2-12(3-6-14)9-22-17(25)15-8-13(10-24)4-7-16(15)23-11-20-21-19(22)23/h2-8,10-11H,9H2,1H3. The van der Waals surface area contributed by atoms with Gasteiger partial charge >= 0.3 is 5.97 Å². The van der Waals surface area contributed by atoms with Crippen LogP contribution in [0.2, 0.25) is 0 Å². The normalized spacial score (nSPS) is 11.0. The summed E-state index contributed by atoms with van der Waals surface area (Å²) in [4.78, 5) is 35.7. The largest absolute Gasteiger partial charge is 0.465 e. The number of fused-ring (bicyclic) bond motifs is 3. The lowest BCUT2D eigenvalue weighted by Gasteiger charge is -2.11. The molecule has 0 fully saturated rings. The lowest BCUT2D eigenvalue weighted by atomic mass is 10.1. The number of hydrogen-bond acceptors (Lipinski definition) is 6. The van der Waals surface area contributed by atoms with E-state index in [9.17, 15) is 14.4 Å².